The molecule has 0 aromatic rings. The fourth-order valence-electron chi connectivity index (χ4n) is 3.10. The Balaban J connectivity index is 1.92. The van der Waals surface area contributed by atoms with Crippen molar-refractivity contribution in [2.75, 3.05) is 39.9 Å². The van der Waals surface area contributed by atoms with Crippen LogP contribution in [-0.2, 0) is 9.53 Å². The van der Waals surface area contributed by atoms with Crippen molar-refractivity contribution < 1.29 is 24.5 Å². The third-order valence-corrected chi connectivity index (χ3v) is 4.48. The van der Waals surface area contributed by atoms with Gasteiger partial charge >= 0.3 is 12.0 Å². The number of rotatable bonds is 3. The number of likely N-dealkylation sites (tertiary alicyclic amines) is 1. The van der Waals surface area contributed by atoms with E-state index < -0.39 is 17.5 Å². The summed E-state index contributed by atoms with van der Waals surface area (Å²) in [5.74, 6) is -1.41. The zero-order valence-corrected chi connectivity index (χ0v) is 12.6. The molecule has 2 saturated heterocycles. The van der Waals surface area contributed by atoms with E-state index in [0.29, 0.717) is 32.6 Å². The normalized spacial score (nSPS) is 28.4. The van der Waals surface area contributed by atoms with Gasteiger partial charge in [-0.2, -0.15) is 0 Å². The number of aliphatic carboxylic acids is 1. The first-order valence-corrected chi connectivity index (χ1v) is 7.35. The van der Waals surface area contributed by atoms with E-state index in [2.05, 4.69) is 0 Å². The van der Waals surface area contributed by atoms with Crippen LogP contribution in [0.4, 0.5) is 4.79 Å². The highest BCUT2D eigenvalue weighted by Crippen LogP contribution is 2.26. The van der Waals surface area contributed by atoms with Crippen LogP contribution < -0.4 is 0 Å². The fraction of sp³-hybridized carbons (Fsp3) is 0.857. The van der Waals surface area contributed by atoms with Crippen molar-refractivity contribution in [3.63, 3.8) is 0 Å². The van der Waals surface area contributed by atoms with Crippen molar-refractivity contribution in [2.24, 2.45) is 11.8 Å². The van der Waals surface area contributed by atoms with Gasteiger partial charge < -0.3 is 24.7 Å². The third-order valence-electron chi connectivity index (χ3n) is 4.48. The van der Waals surface area contributed by atoms with E-state index in [4.69, 9.17) is 9.84 Å². The zero-order valence-electron chi connectivity index (χ0n) is 12.6. The standard InChI is InChI=1S/C14H24N2O5/c1-10-7-16(8-11(10)12(17)18)13(19)15(2)9-14(20)3-5-21-6-4-14/h10-11,20H,3-9H2,1-2H3,(H,17,18). The number of ether oxygens (including phenoxy) is 1. The van der Waals surface area contributed by atoms with E-state index in [1.54, 1.807) is 11.9 Å². The first kappa shape index (κ1) is 16.0. The van der Waals surface area contributed by atoms with Gasteiger partial charge in [0.15, 0.2) is 0 Å². The average molecular weight is 300 g/mol. The number of nitrogens with zero attached hydrogens (tertiary/aromatic N) is 2. The molecule has 2 amide bonds. The highest BCUT2D eigenvalue weighted by Gasteiger charge is 2.39. The molecule has 7 heteroatoms. The number of hydrogen-bond acceptors (Lipinski definition) is 4. The maximum absolute atomic E-state index is 12.4. The molecule has 0 spiro atoms. The van der Waals surface area contributed by atoms with Gasteiger partial charge in [-0.25, -0.2) is 4.79 Å². The number of likely N-dealkylation sites (N-methyl/N-ethyl adjacent to an activating group) is 1. The Bertz CT molecular complexity index is 408. The molecular weight excluding hydrogens is 276 g/mol. The van der Waals surface area contributed by atoms with Gasteiger partial charge in [0.25, 0.3) is 0 Å². The minimum absolute atomic E-state index is 0.0500. The molecule has 0 saturated carbocycles. The molecule has 0 bridgehead atoms. The van der Waals surface area contributed by atoms with Crippen LogP contribution in [0.5, 0.6) is 0 Å². The molecule has 2 fully saturated rings. The largest absolute Gasteiger partial charge is 0.481 e. The number of carbonyl (C=O) groups is 2. The van der Waals surface area contributed by atoms with Crippen molar-refractivity contribution in [2.45, 2.75) is 25.4 Å². The minimum Gasteiger partial charge on any atom is -0.481 e. The lowest BCUT2D eigenvalue weighted by Crippen LogP contribution is -2.50. The number of carboxylic acid groups (broad SMARTS) is 1. The van der Waals surface area contributed by atoms with Crippen LogP contribution in [0, 0.1) is 11.8 Å². The summed E-state index contributed by atoms with van der Waals surface area (Å²) in [6.45, 7) is 3.78. The fourth-order valence-corrected chi connectivity index (χ4v) is 3.10. The highest BCUT2D eigenvalue weighted by molar-refractivity contribution is 5.77. The Morgan fingerprint density at radius 3 is 2.48 bits per heavy atom. The second kappa shape index (κ2) is 6.19. The second-order valence-corrected chi connectivity index (χ2v) is 6.30. The van der Waals surface area contributed by atoms with Gasteiger partial charge in [0.05, 0.1) is 18.1 Å². The highest BCUT2D eigenvalue weighted by atomic mass is 16.5. The van der Waals surface area contributed by atoms with Gasteiger partial charge in [-0.1, -0.05) is 6.92 Å². The number of carboxylic acids is 1. The number of hydrogen-bond donors (Lipinski definition) is 2. The zero-order chi connectivity index (χ0) is 15.6. The molecule has 21 heavy (non-hydrogen) atoms. The van der Waals surface area contributed by atoms with Crippen molar-refractivity contribution in [1.29, 1.82) is 0 Å². The maximum atomic E-state index is 12.4. The summed E-state index contributed by atoms with van der Waals surface area (Å²) in [7, 11) is 1.65. The second-order valence-electron chi connectivity index (χ2n) is 6.30. The molecule has 0 aliphatic carbocycles. The molecule has 2 N–H and O–H groups in total. The summed E-state index contributed by atoms with van der Waals surface area (Å²) in [6, 6.07) is -0.217. The molecule has 2 unspecified atom stereocenters. The Morgan fingerprint density at radius 2 is 1.95 bits per heavy atom. The van der Waals surface area contributed by atoms with Gasteiger partial charge in [0.1, 0.15) is 0 Å². The molecule has 2 atom stereocenters. The molecule has 2 aliphatic rings. The molecule has 2 rings (SSSR count). The molecule has 0 aromatic carbocycles. The quantitative estimate of drug-likeness (QED) is 0.779. The van der Waals surface area contributed by atoms with Crippen molar-refractivity contribution >= 4 is 12.0 Å². The van der Waals surface area contributed by atoms with Crippen molar-refractivity contribution in [3.05, 3.63) is 0 Å². The van der Waals surface area contributed by atoms with Crippen LogP contribution in [0.3, 0.4) is 0 Å². The van der Waals surface area contributed by atoms with Gasteiger partial charge in [-0.05, 0) is 5.92 Å². The Hall–Kier alpha value is -1.34. The van der Waals surface area contributed by atoms with Crippen LogP contribution >= 0.6 is 0 Å². The monoisotopic (exact) mass is 300 g/mol. The van der Waals surface area contributed by atoms with Gasteiger partial charge in [0.2, 0.25) is 0 Å². The Kier molecular flexibility index (Phi) is 4.73. The van der Waals surface area contributed by atoms with Gasteiger partial charge in [-0.3, -0.25) is 4.79 Å². The first-order chi connectivity index (χ1) is 9.82. The summed E-state index contributed by atoms with van der Waals surface area (Å²) in [4.78, 5) is 26.6. The Labute approximate surface area is 124 Å². The number of amides is 2. The minimum atomic E-state index is -0.903. The average Bonchev–Trinajstić information content (AvgIpc) is 2.80. The van der Waals surface area contributed by atoms with Crippen molar-refractivity contribution in [3.8, 4) is 0 Å². The molecule has 120 valence electrons. The maximum Gasteiger partial charge on any atom is 0.319 e. The lowest BCUT2D eigenvalue weighted by atomic mass is 9.94. The van der Waals surface area contributed by atoms with E-state index in [0.717, 1.165) is 0 Å². The van der Waals surface area contributed by atoms with Crippen LogP contribution in [-0.4, -0.2) is 77.5 Å². The van der Waals surface area contributed by atoms with E-state index >= 15 is 0 Å². The molecule has 7 nitrogen and oxygen atoms in total. The summed E-state index contributed by atoms with van der Waals surface area (Å²) in [6.07, 6.45) is 1.03. The van der Waals surface area contributed by atoms with Crippen LogP contribution in [0.2, 0.25) is 0 Å². The van der Waals surface area contributed by atoms with Gasteiger partial charge in [-0.15, -0.1) is 0 Å². The van der Waals surface area contributed by atoms with Crippen LogP contribution in [0.25, 0.3) is 0 Å². The smallest absolute Gasteiger partial charge is 0.319 e. The first-order valence-electron chi connectivity index (χ1n) is 7.35. The summed E-state index contributed by atoms with van der Waals surface area (Å²) in [5.41, 5.74) is -0.903. The number of aliphatic hydroxyl groups is 1. The lowest BCUT2D eigenvalue weighted by molar-refractivity contribution is -0.142. The van der Waals surface area contributed by atoms with E-state index in [1.165, 1.54) is 4.90 Å². The third kappa shape index (κ3) is 3.65. The van der Waals surface area contributed by atoms with E-state index in [9.17, 15) is 14.7 Å². The van der Waals surface area contributed by atoms with Gasteiger partial charge in [0, 0.05) is 46.2 Å². The molecule has 2 heterocycles. The summed E-state index contributed by atoms with van der Waals surface area (Å²) in [5, 5.41) is 19.6. The summed E-state index contributed by atoms with van der Waals surface area (Å²) >= 11 is 0. The van der Waals surface area contributed by atoms with E-state index in [1.807, 2.05) is 6.92 Å². The molecule has 2 aliphatic heterocycles. The molecule has 0 aromatic heterocycles. The Morgan fingerprint density at radius 1 is 1.33 bits per heavy atom. The van der Waals surface area contributed by atoms with E-state index in [-0.39, 0.29) is 25.0 Å². The predicted molar refractivity (Wildman–Crippen MR) is 74.9 cm³/mol. The number of carbonyl (C=O) groups excluding carboxylic acids is 1. The topological polar surface area (TPSA) is 90.3 Å². The predicted octanol–water partition coefficient (Wildman–Crippen LogP) is 0.232. The summed E-state index contributed by atoms with van der Waals surface area (Å²) < 4.78 is 5.22. The van der Waals surface area contributed by atoms with Crippen LogP contribution in [0.15, 0.2) is 0 Å². The molecular formula is C14H24N2O5. The molecule has 0 radical (unpaired) electrons. The van der Waals surface area contributed by atoms with Crippen LogP contribution in [0.1, 0.15) is 19.8 Å². The lowest BCUT2D eigenvalue weighted by Gasteiger charge is -2.36. The van der Waals surface area contributed by atoms with Crippen molar-refractivity contribution in [1.82, 2.24) is 9.80 Å². The number of urea groups is 1. The SMILES string of the molecule is CC1CN(C(=O)N(C)CC2(O)CCOCC2)CC1C(=O)O.